The van der Waals surface area contributed by atoms with Crippen molar-refractivity contribution >= 4 is 27.6 Å². The number of benzene rings is 5. The second kappa shape index (κ2) is 9.77. The van der Waals surface area contributed by atoms with Crippen molar-refractivity contribution in [2.75, 3.05) is 0 Å². The molecule has 0 fully saturated rings. The number of allylic oxidation sites excluding steroid dienone is 2. The fourth-order valence-corrected chi connectivity index (χ4v) is 7.57. The lowest BCUT2D eigenvalue weighted by Gasteiger charge is -2.28. The first kappa shape index (κ1) is 24.8. The molecular formula is C39H34Si. The smallest absolute Gasteiger partial charge is 0.0388 e. The molecule has 0 radical (unpaired) electrons. The van der Waals surface area contributed by atoms with Gasteiger partial charge in [-0.1, -0.05) is 138 Å². The molecule has 0 aromatic heterocycles. The standard InChI is InChI=1S/C39H34Si/c1-24-22-34-29(27-12-6-4-7-13-27)16-10-18-31(34)37(24)33-20-21-36(40)26(3)39(33)38-25(2)23-35-30(17-11-19-32(35)38)28-14-8-5-9-15-28/h4-23,37-38H,1-3,40H3. The fourth-order valence-electron chi connectivity index (χ4n) is 7.13. The third-order valence-electron chi connectivity index (χ3n) is 9.15. The van der Waals surface area contributed by atoms with E-state index in [1.165, 1.54) is 77.5 Å². The van der Waals surface area contributed by atoms with Gasteiger partial charge in [-0.15, -0.1) is 0 Å². The third kappa shape index (κ3) is 3.88. The summed E-state index contributed by atoms with van der Waals surface area (Å²) < 4.78 is 0. The average molecular weight is 531 g/mol. The van der Waals surface area contributed by atoms with Crippen LogP contribution < -0.4 is 5.19 Å². The number of hydrogen-bond acceptors (Lipinski definition) is 0. The first-order chi connectivity index (χ1) is 19.5. The SMILES string of the molecule is CC1=Cc2c(-c3ccccc3)cccc2C1c1ccc([SiH3])c(C)c1C1C(C)=Cc2c(-c3ccccc3)cccc21. The molecule has 0 aliphatic heterocycles. The highest BCUT2D eigenvalue weighted by molar-refractivity contribution is 6.33. The van der Waals surface area contributed by atoms with Crippen LogP contribution >= 0.6 is 0 Å². The zero-order chi connectivity index (χ0) is 27.4. The summed E-state index contributed by atoms with van der Waals surface area (Å²) in [5.41, 5.74) is 18.2. The Hall–Kier alpha value is -4.20. The lowest BCUT2D eigenvalue weighted by atomic mass is 9.77. The van der Waals surface area contributed by atoms with E-state index in [0.717, 1.165) is 10.2 Å². The Morgan fingerprint density at radius 3 is 1.52 bits per heavy atom. The van der Waals surface area contributed by atoms with E-state index in [2.05, 4.69) is 142 Å². The van der Waals surface area contributed by atoms with E-state index < -0.39 is 0 Å². The van der Waals surface area contributed by atoms with Crippen LogP contribution in [0, 0.1) is 6.92 Å². The fraction of sp³-hybridized carbons (Fsp3) is 0.128. The molecule has 0 nitrogen and oxygen atoms in total. The van der Waals surface area contributed by atoms with Gasteiger partial charge in [-0.3, -0.25) is 0 Å². The molecule has 40 heavy (non-hydrogen) atoms. The van der Waals surface area contributed by atoms with Crippen LogP contribution in [0.4, 0.5) is 0 Å². The molecule has 2 aliphatic carbocycles. The summed E-state index contributed by atoms with van der Waals surface area (Å²) in [7, 11) is 1.04. The molecule has 0 N–H and O–H groups in total. The van der Waals surface area contributed by atoms with Gasteiger partial charge in [0.2, 0.25) is 0 Å². The summed E-state index contributed by atoms with van der Waals surface area (Å²) in [5.74, 6) is 0.542. The van der Waals surface area contributed by atoms with Gasteiger partial charge in [-0.25, -0.2) is 0 Å². The Balaban J connectivity index is 1.41. The van der Waals surface area contributed by atoms with Crippen molar-refractivity contribution < 1.29 is 0 Å². The van der Waals surface area contributed by atoms with E-state index in [1.54, 1.807) is 0 Å². The van der Waals surface area contributed by atoms with Crippen LogP contribution in [0.1, 0.15) is 64.6 Å². The van der Waals surface area contributed by atoms with E-state index in [9.17, 15) is 0 Å². The van der Waals surface area contributed by atoms with E-state index in [0.29, 0.717) is 0 Å². The maximum absolute atomic E-state index is 2.45. The molecule has 0 amide bonds. The highest BCUT2D eigenvalue weighted by Crippen LogP contribution is 2.51. The van der Waals surface area contributed by atoms with Crippen molar-refractivity contribution in [3.63, 3.8) is 0 Å². The Morgan fingerprint density at radius 2 is 0.975 bits per heavy atom. The molecule has 0 spiro atoms. The molecule has 2 aliphatic rings. The normalized spacial score (nSPS) is 17.4. The number of rotatable bonds is 4. The van der Waals surface area contributed by atoms with Gasteiger partial charge in [0.05, 0.1) is 0 Å². The third-order valence-corrected chi connectivity index (χ3v) is 10.2. The topological polar surface area (TPSA) is 0 Å². The van der Waals surface area contributed by atoms with Crippen LogP contribution in [-0.2, 0) is 0 Å². The van der Waals surface area contributed by atoms with Gasteiger partial charge < -0.3 is 0 Å². The Kier molecular flexibility index (Phi) is 6.06. The zero-order valence-electron chi connectivity index (χ0n) is 23.7. The van der Waals surface area contributed by atoms with Crippen molar-refractivity contribution in [1.29, 1.82) is 0 Å². The molecular weight excluding hydrogens is 497 g/mol. The van der Waals surface area contributed by atoms with Crippen LogP contribution in [0.5, 0.6) is 0 Å². The summed E-state index contributed by atoms with van der Waals surface area (Å²) in [6.45, 7) is 7.02. The first-order valence-corrected chi connectivity index (χ1v) is 15.4. The van der Waals surface area contributed by atoms with Crippen molar-refractivity contribution in [2.45, 2.75) is 32.6 Å². The second-order valence-corrected chi connectivity index (χ2v) is 12.6. The first-order valence-electron chi connectivity index (χ1n) is 14.4. The van der Waals surface area contributed by atoms with Gasteiger partial charge in [-0.05, 0) is 82.0 Å². The minimum absolute atomic E-state index is 0.267. The van der Waals surface area contributed by atoms with E-state index in [1.807, 2.05) is 0 Å². The zero-order valence-corrected chi connectivity index (χ0v) is 25.7. The largest absolute Gasteiger partial charge is 0.0676 e. The van der Waals surface area contributed by atoms with Gasteiger partial charge in [0.15, 0.2) is 0 Å². The lowest BCUT2D eigenvalue weighted by molar-refractivity contribution is 0.887. The van der Waals surface area contributed by atoms with Gasteiger partial charge in [0.1, 0.15) is 0 Å². The van der Waals surface area contributed by atoms with Crippen molar-refractivity contribution in [3.8, 4) is 22.3 Å². The van der Waals surface area contributed by atoms with Crippen molar-refractivity contribution in [1.82, 2.24) is 0 Å². The Labute approximate surface area is 241 Å². The van der Waals surface area contributed by atoms with Gasteiger partial charge >= 0.3 is 0 Å². The predicted octanol–water partition coefficient (Wildman–Crippen LogP) is 8.42. The van der Waals surface area contributed by atoms with Crippen LogP contribution in [0.15, 0.2) is 120 Å². The summed E-state index contributed by atoms with van der Waals surface area (Å²) in [5, 5.41) is 1.50. The van der Waals surface area contributed by atoms with E-state index in [-0.39, 0.29) is 11.8 Å². The van der Waals surface area contributed by atoms with E-state index >= 15 is 0 Å². The van der Waals surface area contributed by atoms with Gasteiger partial charge in [0.25, 0.3) is 0 Å². The predicted molar refractivity (Wildman–Crippen MR) is 175 cm³/mol. The summed E-state index contributed by atoms with van der Waals surface area (Å²) >= 11 is 0. The minimum atomic E-state index is 0.267. The molecule has 2 atom stereocenters. The Bertz CT molecular complexity index is 1820. The molecule has 5 aromatic rings. The highest BCUT2D eigenvalue weighted by Gasteiger charge is 2.34. The maximum atomic E-state index is 2.45. The molecule has 0 bridgehead atoms. The van der Waals surface area contributed by atoms with Crippen LogP contribution in [-0.4, -0.2) is 10.2 Å². The molecule has 0 saturated carbocycles. The summed E-state index contributed by atoms with van der Waals surface area (Å²) in [6.07, 6.45) is 4.89. The monoisotopic (exact) mass is 530 g/mol. The molecule has 0 heterocycles. The Morgan fingerprint density at radius 1 is 0.475 bits per heavy atom. The summed E-state index contributed by atoms with van der Waals surface area (Å²) in [4.78, 5) is 0. The van der Waals surface area contributed by atoms with Crippen molar-refractivity contribution in [3.05, 3.63) is 159 Å². The molecule has 5 aromatic carbocycles. The molecule has 2 unspecified atom stereocenters. The molecule has 0 saturated heterocycles. The van der Waals surface area contributed by atoms with Crippen LogP contribution in [0.2, 0.25) is 0 Å². The maximum Gasteiger partial charge on any atom is 0.0388 e. The number of hydrogen-bond donors (Lipinski definition) is 0. The highest BCUT2D eigenvalue weighted by atomic mass is 28.1. The summed E-state index contributed by atoms with van der Waals surface area (Å²) in [6, 6.07) is 40.3. The number of fused-ring (bicyclic) bond motifs is 2. The quantitative estimate of drug-likeness (QED) is 0.205. The molecule has 7 rings (SSSR count). The van der Waals surface area contributed by atoms with Gasteiger partial charge in [-0.2, -0.15) is 0 Å². The van der Waals surface area contributed by atoms with Gasteiger partial charge in [0, 0.05) is 22.1 Å². The second-order valence-electron chi connectivity index (χ2n) is 11.5. The van der Waals surface area contributed by atoms with Crippen LogP contribution in [0.25, 0.3) is 34.4 Å². The molecule has 1 heteroatoms. The minimum Gasteiger partial charge on any atom is -0.0676 e. The van der Waals surface area contributed by atoms with E-state index in [4.69, 9.17) is 0 Å². The van der Waals surface area contributed by atoms with Crippen molar-refractivity contribution in [2.24, 2.45) is 0 Å². The average Bonchev–Trinajstić information content (AvgIpc) is 3.50. The lowest BCUT2D eigenvalue weighted by Crippen LogP contribution is -2.18. The van der Waals surface area contributed by atoms with Crippen LogP contribution in [0.3, 0.4) is 0 Å². The molecule has 194 valence electrons.